The Hall–Kier alpha value is -2.95. The summed E-state index contributed by atoms with van der Waals surface area (Å²) < 4.78 is 0.678. The number of hydrogen-bond acceptors (Lipinski definition) is 9. The summed E-state index contributed by atoms with van der Waals surface area (Å²) in [6.45, 7) is 0.854. The van der Waals surface area contributed by atoms with Gasteiger partial charge in [0, 0.05) is 30.9 Å². The van der Waals surface area contributed by atoms with Gasteiger partial charge in [-0.2, -0.15) is 0 Å². The van der Waals surface area contributed by atoms with Gasteiger partial charge in [0.1, 0.15) is 0 Å². The van der Waals surface area contributed by atoms with Crippen LogP contribution < -0.4 is 4.90 Å². The normalized spacial score (nSPS) is 11.3. The molecule has 0 aliphatic rings. The van der Waals surface area contributed by atoms with Crippen LogP contribution in [-0.2, 0) is 0 Å². The third kappa shape index (κ3) is 4.61. The zero-order chi connectivity index (χ0) is 19.2. The van der Waals surface area contributed by atoms with Gasteiger partial charge in [0.2, 0.25) is 5.13 Å². The number of nitro benzene ring substituents is 1. The molecule has 0 aliphatic carbocycles. The minimum Gasteiger partial charge on any atom is -0.395 e. The Morgan fingerprint density at radius 2 is 1.78 bits per heavy atom. The van der Waals surface area contributed by atoms with E-state index in [2.05, 4.69) is 15.2 Å². The molecule has 2 aromatic carbocycles. The van der Waals surface area contributed by atoms with Gasteiger partial charge in [-0.15, -0.1) is 10.2 Å². The van der Waals surface area contributed by atoms with Crippen molar-refractivity contribution in [1.82, 2.24) is 4.98 Å². The summed E-state index contributed by atoms with van der Waals surface area (Å²) in [7, 11) is 0. The maximum Gasteiger partial charge on any atom is 0.270 e. The number of aliphatic hydroxyl groups is 2. The molecule has 0 spiro atoms. The Bertz CT molecular complexity index is 952. The van der Waals surface area contributed by atoms with Crippen molar-refractivity contribution in [3.05, 3.63) is 52.6 Å². The molecule has 0 aliphatic heterocycles. The van der Waals surface area contributed by atoms with Crippen molar-refractivity contribution in [2.75, 3.05) is 31.2 Å². The number of nitro groups is 1. The summed E-state index contributed by atoms with van der Waals surface area (Å²) in [5.74, 6) is 0. The fraction of sp³-hybridized carbons (Fsp3) is 0.235. The fourth-order valence-electron chi connectivity index (χ4n) is 2.50. The van der Waals surface area contributed by atoms with E-state index < -0.39 is 4.92 Å². The predicted molar refractivity (Wildman–Crippen MR) is 103 cm³/mol. The second-order valence-corrected chi connectivity index (χ2v) is 6.57. The molecule has 3 aromatic rings. The molecule has 2 N–H and O–H groups in total. The van der Waals surface area contributed by atoms with Crippen LogP contribution in [0.1, 0.15) is 0 Å². The monoisotopic (exact) mass is 387 g/mol. The van der Waals surface area contributed by atoms with Crippen LogP contribution in [0.25, 0.3) is 10.2 Å². The van der Waals surface area contributed by atoms with Gasteiger partial charge in [-0.3, -0.25) is 10.1 Å². The lowest BCUT2D eigenvalue weighted by atomic mass is 10.2. The Kier molecular flexibility index (Phi) is 6.01. The molecule has 9 nitrogen and oxygen atoms in total. The van der Waals surface area contributed by atoms with E-state index in [1.54, 1.807) is 18.2 Å². The third-order valence-electron chi connectivity index (χ3n) is 3.78. The zero-order valence-electron chi connectivity index (χ0n) is 14.2. The molecule has 10 heteroatoms. The van der Waals surface area contributed by atoms with Gasteiger partial charge >= 0.3 is 0 Å². The SMILES string of the molecule is O=[N+]([O-])c1ccc2nc(N=Nc3ccc(N(CCO)CCO)cc3)sc2c1. The van der Waals surface area contributed by atoms with E-state index in [0.29, 0.717) is 34.1 Å². The molecule has 1 heterocycles. The van der Waals surface area contributed by atoms with Crippen molar-refractivity contribution in [2.45, 2.75) is 0 Å². The number of nitrogens with zero attached hydrogens (tertiary/aromatic N) is 5. The van der Waals surface area contributed by atoms with E-state index in [-0.39, 0.29) is 18.9 Å². The minimum atomic E-state index is -0.446. The molecule has 0 unspecified atom stereocenters. The van der Waals surface area contributed by atoms with Crippen LogP contribution in [0, 0.1) is 10.1 Å². The van der Waals surface area contributed by atoms with Crippen molar-refractivity contribution < 1.29 is 15.1 Å². The van der Waals surface area contributed by atoms with E-state index in [4.69, 9.17) is 10.2 Å². The summed E-state index contributed by atoms with van der Waals surface area (Å²) >= 11 is 1.23. The molecule has 0 saturated heterocycles. The average molecular weight is 387 g/mol. The lowest BCUT2D eigenvalue weighted by Gasteiger charge is -2.22. The summed E-state index contributed by atoms with van der Waals surface area (Å²) in [6, 6.07) is 11.7. The Morgan fingerprint density at radius 3 is 2.41 bits per heavy atom. The van der Waals surface area contributed by atoms with Gasteiger partial charge in [0.15, 0.2) is 0 Å². The highest BCUT2D eigenvalue weighted by Crippen LogP contribution is 2.32. The minimum absolute atomic E-state index is 0.00275. The number of aromatic nitrogens is 1. The van der Waals surface area contributed by atoms with Crippen molar-refractivity contribution in [3.63, 3.8) is 0 Å². The highest BCUT2D eigenvalue weighted by Gasteiger charge is 2.10. The van der Waals surface area contributed by atoms with Gasteiger partial charge in [0.25, 0.3) is 5.69 Å². The summed E-state index contributed by atoms with van der Waals surface area (Å²) in [5, 5.41) is 37.7. The first kappa shape index (κ1) is 18.8. The quantitative estimate of drug-likeness (QED) is 0.347. The van der Waals surface area contributed by atoms with E-state index >= 15 is 0 Å². The van der Waals surface area contributed by atoms with Crippen LogP contribution >= 0.6 is 11.3 Å². The third-order valence-corrected chi connectivity index (χ3v) is 4.68. The van der Waals surface area contributed by atoms with Gasteiger partial charge in [-0.1, -0.05) is 11.3 Å². The second kappa shape index (κ2) is 8.62. The van der Waals surface area contributed by atoms with Crippen LogP contribution in [0.5, 0.6) is 0 Å². The molecule has 140 valence electrons. The molecule has 1 aromatic heterocycles. The molecule has 27 heavy (non-hydrogen) atoms. The number of rotatable bonds is 8. The van der Waals surface area contributed by atoms with Crippen molar-refractivity contribution in [1.29, 1.82) is 0 Å². The number of hydrogen-bond donors (Lipinski definition) is 2. The highest BCUT2D eigenvalue weighted by atomic mass is 32.1. The largest absolute Gasteiger partial charge is 0.395 e. The number of azo groups is 1. The molecule has 0 bridgehead atoms. The van der Waals surface area contributed by atoms with E-state index in [1.165, 1.54) is 23.5 Å². The molecule has 3 rings (SSSR count). The number of thiazole rings is 1. The number of anilines is 1. The zero-order valence-corrected chi connectivity index (χ0v) is 15.0. The van der Waals surface area contributed by atoms with Crippen LogP contribution in [0.4, 0.5) is 22.2 Å². The highest BCUT2D eigenvalue weighted by molar-refractivity contribution is 7.21. The lowest BCUT2D eigenvalue weighted by Crippen LogP contribution is -2.29. The van der Waals surface area contributed by atoms with Crippen LogP contribution in [0.3, 0.4) is 0 Å². The lowest BCUT2D eigenvalue weighted by molar-refractivity contribution is -0.384. The number of fused-ring (bicyclic) bond motifs is 1. The van der Waals surface area contributed by atoms with Gasteiger partial charge in [0.05, 0.1) is 34.0 Å². The number of non-ortho nitro benzene ring substituents is 1. The average Bonchev–Trinajstić information content (AvgIpc) is 3.08. The first-order valence-corrected chi connectivity index (χ1v) is 8.96. The fourth-order valence-corrected chi connectivity index (χ4v) is 3.32. The summed E-state index contributed by atoms with van der Waals surface area (Å²) in [4.78, 5) is 16.5. The summed E-state index contributed by atoms with van der Waals surface area (Å²) in [6.07, 6.45) is 0. The van der Waals surface area contributed by atoms with Gasteiger partial charge < -0.3 is 15.1 Å². The Balaban J connectivity index is 1.75. The van der Waals surface area contributed by atoms with Crippen LogP contribution in [0.2, 0.25) is 0 Å². The van der Waals surface area contributed by atoms with Crippen LogP contribution in [-0.4, -0.2) is 46.4 Å². The maximum atomic E-state index is 10.8. The molecule has 0 radical (unpaired) electrons. The maximum absolute atomic E-state index is 10.8. The van der Waals surface area contributed by atoms with E-state index in [9.17, 15) is 10.1 Å². The van der Waals surface area contributed by atoms with Gasteiger partial charge in [-0.25, -0.2) is 4.98 Å². The molecular formula is C17H17N5O4S. The van der Waals surface area contributed by atoms with Crippen molar-refractivity contribution in [2.24, 2.45) is 10.2 Å². The second-order valence-electron chi connectivity index (χ2n) is 5.56. The van der Waals surface area contributed by atoms with E-state index in [1.807, 2.05) is 17.0 Å². The van der Waals surface area contributed by atoms with Crippen LogP contribution in [0.15, 0.2) is 52.7 Å². The summed E-state index contributed by atoms with van der Waals surface area (Å²) in [5.41, 5.74) is 2.14. The first-order chi connectivity index (χ1) is 13.1. The molecular weight excluding hydrogens is 370 g/mol. The Morgan fingerprint density at radius 1 is 1.07 bits per heavy atom. The first-order valence-electron chi connectivity index (χ1n) is 8.14. The van der Waals surface area contributed by atoms with Gasteiger partial charge in [-0.05, 0) is 30.3 Å². The van der Waals surface area contributed by atoms with Crippen molar-refractivity contribution in [3.8, 4) is 0 Å². The smallest absolute Gasteiger partial charge is 0.270 e. The Labute approximate surface area is 158 Å². The standard InChI is InChI=1S/C17H17N5O4S/c23-9-7-21(8-10-24)13-3-1-12(2-4-13)19-20-17-18-15-6-5-14(22(25)26)11-16(15)27-17/h1-6,11,23-24H,7-10H2. The topological polar surface area (TPSA) is 124 Å². The number of aliphatic hydroxyl groups excluding tert-OH is 2. The number of benzene rings is 2. The predicted octanol–water partition coefficient (Wildman–Crippen LogP) is 3.41. The molecule has 0 atom stereocenters. The van der Waals surface area contributed by atoms with Crippen molar-refractivity contribution >= 4 is 43.7 Å². The molecule has 0 saturated carbocycles. The molecule has 0 amide bonds. The molecule has 0 fully saturated rings. The van der Waals surface area contributed by atoms with E-state index in [0.717, 1.165) is 5.69 Å².